The van der Waals surface area contributed by atoms with Crippen molar-refractivity contribution >= 4 is 23.4 Å². The molecule has 28 heavy (non-hydrogen) atoms. The molecule has 2 heterocycles. The average Bonchev–Trinajstić information content (AvgIpc) is 3.08. The number of carbonyl (C=O) groups excluding carboxylic acids is 1. The number of thioether (sulfide) groups is 1. The summed E-state index contributed by atoms with van der Waals surface area (Å²) in [7, 11) is 1.96. The van der Waals surface area contributed by atoms with Gasteiger partial charge in [0.15, 0.2) is 5.16 Å². The molecule has 2 aromatic heterocycles. The van der Waals surface area contributed by atoms with Crippen LogP contribution in [0.25, 0.3) is 0 Å². The van der Waals surface area contributed by atoms with Crippen molar-refractivity contribution in [3.63, 3.8) is 0 Å². The van der Waals surface area contributed by atoms with Gasteiger partial charge >= 0.3 is 0 Å². The molecule has 3 aromatic rings. The van der Waals surface area contributed by atoms with Crippen LogP contribution in [-0.4, -0.2) is 25.2 Å². The van der Waals surface area contributed by atoms with Gasteiger partial charge in [0.2, 0.25) is 0 Å². The molecular formula is C20H23N5O2S. The second-order valence-corrected chi connectivity index (χ2v) is 7.75. The minimum absolute atomic E-state index is 0.169. The first-order chi connectivity index (χ1) is 13.5. The van der Waals surface area contributed by atoms with Gasteiger partial charge in [0.25, 0.3) is 11.5 Å². The first kappa shape index (κ1) is 19.9. The molecular weight excluding hydrogens is 374 g/mol. The Bertz CT molecular complexity index is 1030. The summed E-state index contributed by atoms with van der Waals surface area (Å²) in [6, 6.07) is 10.5. The van der Waals surface area contributed by atoms with Gasteiger partial charge in [0.1, 0.15) is 5.69 Å². The number of aromatic nitrogens is 4. The fraction of sp³-hybridized carbons (Fsp3) is 0.300. The third kappa shape index (κ3) is 4.69. The van der Waals surface area contributed by atoms with Crippen molar-refractivity contribution in [1.82, 2.24) is 19.3 Å². The van der Waals surface area contributed by atoms with E-state index in [1.807, 2.05) is 49.0 Å². The minimum atomic E-state index is -0.341. The molecule has 7 nitrogen and oxygen atoms in total. The summed E-state index contributed by atoms with van der Waals surface area (Å²) in [5, 5.41) is 8.12. The van der Waals surface area contributed by atoms with Crippen LogP contribution in [0.1, 0.15) is 41.6 Å². The Labute approximate surface area is 167 Å². The molecule has 8 heteroatoms. The number of hydrogen-bond donors (Lipinski definition) is 1. The minimum Gasteiger partial charge on any atom is -0.329 e. The van der Waals surface area contributed by atoms with Crippen molar-refractivity contribution in [1.29, 1.82) is 0 Å². The van der Waals surface area contributed by atoms with Gasteiger partial charge in [0, 0.05) is 43.0 Å². The molecule has 0 saturated heterocycles. The number of anilines is 1. The van der Waals surface area contributed by atoms with Crippen LogP contribution in [0.4, 0.5) is 5.69 Å². The van der Waals surface area contributed by atoms with E-state index in [1.54, 1.807) is 18.0 Å². The third-order valence-corrected chi connectivity index (χ3v) is 5.44. The lowest BCUT2D eigenvalue weighted by Crippen LogP contribution is -2.26. The molecule has 146 valence electrons. The Balaban J connectivity index is 1.73. The molecule has 3 rings (SSSR count). The molecule has 0 aliphatic heterocycles. The van der Waals surface area contributed by atoms with Crippen molar-refractivity contribution in [2.75, 3.05) is 5.32 Å². The normalized spacial score (nSPS) is 12.0. The zero-order valence-electron chi connectivity index (χ0n) is 16.1. The van der Waals surface area contributed by atoms with Gasteiger partial charge in [-0.15, -0.1) is 0 Å². The summed E-state index contributed by atoms with van der Waals surface area (Å²) in [6.45, 7) is 4.54. The summed E-state index contributed by atoms with van der Waals surface area (Å²) < 4.78 is 3.29. The monoisotopic (exact) mass is 397 g/mol. The maximum atomic E-state index is 12.6. The second-order valence-electron chi connectivity index (χ2n) is 6.44. The Morgan fingerprint density at radius 2 is 2.11 bits per heavy atom. The molecule has 0 radical (unpaired) electrons. The highest BCUT2D eigenvalue weighted by Crippen LogP contribution is 2.34. The fourth-order valence-corrected chi connectivity index (χ4v) is 3.65. The quantitative estimate of drug-likeness (QED) is 0.617. The highest BCUT2D eigenvalue weighted by Gasteiger charge is 2.13. The maximum Gasteiger partial charge on any atom is 0.276 e. The van der Waals surface area contributed by atoms with Crippen LogP contribution < -0.4 is 10.9 Å². The van der Waals surface area contributed by atoms with Crippen LogP contribution in [0.15, 0.2) is 58.7 Å². The number of carbonyl (C=O) groups is 1. The Kier molecular flexibility index (Phi) is 6.30. The summed E-state index contributed by atoms with van der Waals surface area (Å²) in [6.07, 6.45) is 4.46. The molecule has 0 saturated carbocycles. The van der Waals surface area contributed by atoms with Crippen molar-refractivity contribution in [3.05, 3.63) is 70.4 Å². The van der Waals surface area contributed by atoms with Gasteiger partial charge in [-0.05, 0) is 37.1 Å². The van der Waals surface area contributed by atoms with Gasteiger partial charge < -0.3 is 9.88 Å². The number of rotatable bonds is 7. The van der Waals surface area contributed by atoms with Crippen LogP contribution in [0.3, 0.4) is 0 Å². The molecule has 1 amide bonds. The fourth-order valence-electron chi connectivity index (χ4n) is 2.70. The third-order valence-electron chi connectivity index (χ3n) is 4.21. The number of nitrogens with one attached hydrogen (secondary N) is 1. The number of nitrogens with zero attached hydrogens (tertiary/aromatic N) is 4. The SMILES string of the molecule is CCCn1nc(C(=O)Nc2cccc(C(C)Sc3nccn3C)c2)ccc1=O. The Morgan fingerprint density at radius 1 is 1.29 bits per heavy atom. The number of imidazole rings is 1. The van der Waals surface area contributed by atoms with E-state index in [1.165, 1.54) is 16.8 Å². The number of aryl methyl sites for hydroxylation is 2. The van der Waals surface area contributed by atoms with Gasteiger partial charge in [-0.3, -0.25) is 9.59 Å². The number of hydrogen-bond acceptors (Lipinski definition) is 5. The highest BCUT2D eigenvalue weighted by molar-refractivity contribution is 7.99. The van der Waals surface area contributed by atoms with Gasteiger partial charge in [-0.1, -0.05) is 30.8 Å². The molecule has 1 unspecified atom stereocenters. The average molecular weight is 398 g/mol. The molecule has 1 atom stereocenters. The lowest BCUT2D eigenvalue weighted by molar-refractivity contribution is 0.101. The molecule has 0 aliphatic carbocycles. The lowest BCUT2D eigenvalue weighted by atomic mass is 10.1. The summed E-state index contributed by atoms with van der Waals surface area (Å²) in [4.78, 5) is 28.7. The number of benzene rings is 1. The van der Waals surface area contributed by atoms with Crippen molar-refractivity contribution < 1.29 is 4.79 Å². The van der Waals surface area contributed by atoms with Crippen molar-refractivity contribution in [3.8, 4) is 0 Å². The molecule has 1 aromatic carbocycles. The highest BCUT2D eigenvalue weighted by atomic mass is 32.2. The van der Waals surface area contributed by atoms with Crippen LogP contribution in [0, 0.1) is 0 Å². The topological polar surface area (TPSA) is 81.8 Å². The Morgan fingerprint density at radius 3 is 2.82 bits per heavy atom. The van der Waals surface area contributed by atoms with Crippen LogP contribution in [0.5, 0.6) is 0 Å². The summed E-state index contributed by atoms with van der Waals surface area (Å²) in [5.41, 5.74) is 1.77. The molecule has 0 fully saturated rings. The van der Waals surface area contributed by atoms with Crippen LogP contribution >= 0.6 is 11.8 Å². The van der Waals surface area contributed by atoms with E-state index in [0.29, 0.717) is 12.2 Å². The smallest absolute Gasteiger partial charge is 0.276 e. The van der Waals surface area contributed by atoms with E-state index in [9.17, 15) is 9.59 Å². The van der Waals surface area contributed by atoms with E-state index in [4.69, 9.17) is 0 Å². The van der Waals surface area contributed by atoms with E-state index in [0.717, 1.165) is 17.1 Å². The first-order valence-corrected chi connectivity index (χ1v) is 9.99. The zero-order chi connectivity index (χ0) is 20.1. The number of amides is 1. The molecule has 1 N–H and O–H groups in total. The molecule has 0 aliphatic rings. The summed E-state index contributed by atoms with van der Waals surface area (Å²) >= 11 is 1.65. The van der Waals surface area contributed by atoms with Gasteiger partial charge in [0.05, 0.1) is 0 Å². The van der Waals surface area contributed by atoms with Crippen LogP contribution in [0.2, 0.25) is 0 Å². The largest absolute Gasteiger partial charge is 0.329 e. The van der Waals surface area contributed by atoms with Gasteiger partial charge in [-0.2, -0.15) is 5.10 Å². The predicted octanol–water partition coefficient (Wildman–Crippen LogP) is 3.49. The molecule has 0 bridgehead atoms. The predicted molar refractivity (Wildman–Crippen MR) is 111 cm³/mol. The van der Waals surface area contributed by atoms with Gasteiger partial charge in [-0.25, -0.2) is 9.67 Å². The first-order valence-electron chi connectivity index (χ1n) is 9.11. The lowest BCUT2D eigenvalue weighted by Gasteiger charge is -2.13. The van der Waals surface area contributed by atoms with Crippen molar-refractivity contribution in [2.24, 2.45) is 7.05 Å². The van der Waals surface area contributed by atoms with E-state index in [2.05, 4.69) is 22.3 Å². The second kappa shape index (κ2) is 8.88. The van der Waals surface area contributed by atoms with E-state index in [-0.39, 0.29) is 22.4 Å². The van der Waals surface area contributed by atoms with E-state index < -0.39 is 0 Å². The van der Waals surface area contributed by atoms with E-state index >= 15 is 0 Å². The van der Waals surface area contributed by atoms with Crippen molar-refractivity contribution in [2.45, 2.75) is 37.2 Å². The maximum absolute atomic E-state index is 12.6. The standard InChI is InChI=1S/C20H23N5O2S/c1-4-11-25-18(26)9-8-17(23-25)19(27)22-16-7-5-6-15(13-16)14(2)28-20-21-10-12-24(20)3/h5-10,12-14H,4,11H2,1-3H3,(H,22,27). The van der Waals surface area contributed by atoms with Crippen LogP contribution in [-0.2, 0) is 13.6 Å². The zero-order valence-corrected chi connectivity index (χ0v) is 16.9. The molecule has 0 spiro atoms. The summed E-state index contributed by atoms with van der Waals surface area (Å²) in [5.74, 6) is -0.341. The Hall–Kier alpha value is -2.87.